The molecule has 1 aliphatic heterocycles. The van der Waals surface area contributed by atoms with Gasteiger partial charge in [-0.15, -0.1) is 0 Å². The van der Waals surface area contributed by atoms with Crippen molar-refractivity contribution in [3.8, 4) is 0 Å². The number of hydrogen-bond acceptors (Lipinski definition) is 5. The highest BCUT2D eigenvalue weighted by Gasteiger charge is 2.31. The summed E-state index contributed by atoms with van der Waals surface area (Å²) < 4.78 is 0. The van der Waals surface area contributed by atoms with Crippen molar-refractivity contribution in [3.63, 3.8) is 0 Å². The molecule has 2 rings (SSSR count). The van der Waals surface area contributed by atoms with Crippen molar-refractivity contribution in [3.05, 3.63) is 23.4 Å². The second kappa shape index (κ2) is 6.22. The van der Waals surface area contributed by atoms with Crippen molar-refractivity contribution in [2.45, 2.75) is 46.3 Å². The zero-order chi connectivity index (χ0) is 15.6. The number of anilines is 1. The topological polar surface area (TPSA) is 74.3 Å². The highest BCUT2D eigenvalue weighted by Crippen LogP contribution is 2.21. The summed E-state index contributed by atoms with van der Waals surface area (Å²) in [5.74, 6) is 0.127. The first-order valence-corrected chi connectivity index (χ1v) is 7.17. The Bertz CT molecular complexity index is 557. The number of aryl methyl sites for hydroxylation is 1. The van der Waals surface area contributed by atoms with Gasteiger partial charge in [0.25, 0.3) is 0 Å². The first-order chi connectivity index (χ1) is 9.88. The van der Waals surface area contributed by atoms with Gasteiger partial charge in [-0.05, 0) is 31.0 Å². The summed E-state index contributed by atoms with van der Waals surface area (Å²) >= 11 is 0. The number of nitrogens with one attached hydrogen (secondary N) is 2. The zero-order valence-electron chi connectivity index (χ0n) is 12.9. The van der Waals surface area contributed by atoms with Gasteiger partial charge in [0.15, 0.2) is 0 Å². The molecule has 2 heterocycles. The summed E-state index contributed by atoms with van der Waals surface area (Å²) in [5.41, 5.74) is 2.05. The lowest BCUT2D eigenvalue weighted by Crippen LogP contribution is -2.57. The summed E-state index contributed by atoms with van der Waals surface area (Å²) in [6.45, 7) is 8.82. The van der Waals surface area contributed by atoms with Crippen LogP contribution >= 0.6 is 0 Å². The maximum atomic E-state index is 11.7. The van der Waals surface area contributed by atoms with Gasteiger partial charge in [0.1, 0.15) is 11.9 Å². The summed E-state index contributed by atoms with van der Waals surface area (Å²) in [4.78, 5) is 29.5. The van der Waals surface area contributed by atoms with E-state index in [0.29, 0.717) is 11.9 Å². The first-order valence-electron chi connectivity index (χ1n) is 7.17. The minimum atomic E-state index is -0.395. The quantitative estimate of drug-likeness (QED) is 0.800. The molecule has 1 fully saturated rings. The number of hydrogen-bond donors (Lipinski definition) is 2. The van der Waals surface area contributed by atoms with E-state index in [1.807, 2.05) is 13.0 Å². The Kier molecular flexibility index (Phi) is 4.57. The lowest BCUT2D eigenvalue weighted by molar-refractivity contribution is -0.132. The molecule has 2 N–H and O–H groups in total. The van der Waals surface area contributed by atoms with Crippen LogP contribution in [-0.4, -0.2) is 35.4 Å². The number of nitrogens with zero attached hydrogens (tertiary/aromatic N) is 2. The average Bonchev–Trinajstić information content (AvgIpc) is 2.41. The van der Waals surface area contributed by atoms with Crippen molar-refractivity contribution in [1.29, 1.82) is 0 Å². The fourth-order valence-corrected chi connectivity index (χ4v) is 2.32. The Hall–Kier alpha value is -1.95. The van der Waals surface area contributed by atoms with Crippen LogP contribution in [0.3, 0.4) is 0 Å². The summed E-state index contributed by atoms with van der Waals surface area (Å²) in [6, 6.07) is 2.06. The van der Waals surface area contributed by atoms with E-state index in [0.717, 1.165) is 17.7 Å². The van der Waals surface area contributed by atoms with Crippen LogP contribution in [0.2, 0.25) is 0 Å². The molecule has 0 spiro atoms. The van der Waals surface area contributed by atoms with Gasteiger partial charge in [-0.25, -0.2) is 4.98 Å². The minimum Gasteiger partial charge on any atom is -0.335 e. The summed E-state index contributed by atoms with van der Waals surface area (Å²) in [5, 5.41) is 5.67. The molecule has 6 heteroatoms. The molecule has 6 nitrogen and oxygen atoms in total. The van der Waals surface area contributed by atoms with Crippen LogP contribution in [-0.2, 0) is 16.1 Å². The van der Waals surface area contributed by atoms with Crippen LogP contribution in [0.4, 0.5) is 5.82 Å². The van der Waals surface area contributed by atoms with E-state index in [1.165, 1.54) is 0 Å². The summed E-state index contributed by atoms with van der Waals surface area (Å²) in [6.07, 6.45) is 1.79. The number of amides is 2. The number of rotatable bonds is 4. The Labute approximate surface area is 124 Å². The maximum absolute atomic E-state index is 11.7. The Morgan fingerprint density at radius 3 is 2.81 bits per heavy atom. The largest absolute Gasteiger partial charge is 0.335 e. The molecule has 0 bridgehead atoms. The van der Waals surface area contributed by atoms with Crippen LogP contribution in [0.1, 0.15) is 31.9 Å². The van der Waals surface area contributed by atoms with Crippen molar-refractivity contribution >= 4 is 17.6 Å². The van der Waals surface area contributed by atoms with Gasteiger partial charge in [-0.1, -0.05) is 13.8 Å². The second-order valence-corrected chi connectivity index (χ2v) is 5.74. The predicted octanol–water partition coefficient (Wildman–Crippen LogP) is 0.739. The highest BCUT2D eigenvalue weighted by atomic mass is 16.2. The minimum absolute atomic E-state index is 0.157. The van der Waals surface area contributed by atoms with Crippen LogP contribution in [0.25, 0.3) is 0 Å². The predicted molar refractivity (Wildman–Crippen MR) is 80.9 cm³/mol. The molecule has 114 valence electrons. The van der Waals surface area contributed by atoms with Gasteiger partial charge in [-0.2, -0.15) is 0 Å². The third-order valence-electron chi connectivity index (χ3n) is 3.52. The number of carbonyl (C=O) groups excluding carboxylic acids is 2. The van der Waals surface area contributed by atoms with Crippen molar-refractivity contribution in [2.75, 3.05) is 11.4 Å². The van der Waals surface area contributed by atoms with Crippen LogP contribution in [0.5, 0.6) is 0 Å². The fraction of sp³-hybridized carbons (Fsp3) is 0.533. The van der Waals surface area contributed by atoms with Crippen molar-refractivity contribution in [1.82, 2.24) is 15.6 Å². The fourth-order valence-electron chi connectivity index (χ4n) is 2.32. The molecule has 1 saturated heterocycles. The maximum Gasteiger partial charge on any atom is 0.249 e. The Morgan fingerprint density at radius 1 is 1.48 bits per heavy atom. The standard InChI is InChI=1S/C15H22N4O2/c1-9(2)16-6-12-5-10(3)14(17-7-12)19-8-13(20)18-15(21)11(19)4/h5,7,9,11,16H,6,8H2,1-4H3,(H,18,20,21). The smallest absolute Gasteiger partial charge is 0.249 e. The highest BCUT2D eigenvalue weighted by molar-refractivity contribution is 6.04. The van der Waals surface area contributed by atoms with E-state index >= 15 is 0 Å². The van der Waals surface area contributed by atoms with Crippen molar-refractivity contribution < 1.29 is 9.59 Å². The molecular formula is C15H22N4O2. The average molecular weight is 290 g/mol. The normalized spacial score (nSPS) is 19.1. The van der Waals surface area contributed by atoms with Gasteiger partial charge in [-0.3, -0.25) is 14.9 Å². The van der Waals surface area contributed by atoms with Gasteiger partial charge in [0.05, 0.1) is 6.54 Å². The number of imide groups is 1. The van der Waals surface area contributed by atoms with Crippen LogP contribution in [0.15, 0.2) is 12.3 Å². The Morgan fingerprint density at radius 2 is 2.19 bits per heavy atom. The van der Waals surface area contributed by atoms with E-state index in [4.69, 9.17) is 0 Å². The second-order valence-electron chi connectivity index (χ2n) is 5.74. The number of carbonyl (C=O) groups is 2. The van der Waals surface area contributed by atoms with E-state index in [2.05, 4.69) is 29.5 Å². The SMILES string of the molecule is Cc1cc(CNC(C)C)cnc1N1CC(=O)NC(=O)C1C. The molecule has 0 radical (unpaired) electrons. The molecular weight excluding hydrogens is 268 g/mol. The van der Waals surface area contributed by atoms with Gasteiger partial charge in [0, 0.05) is 18.8 Å². The zero-order valence-corrected chi connectivity index (χ0v) is 12.9. The third-order valence-corrected chi connectivity index (χ3v) is 3.52. The molecule has 0 aromatic carbocycles. The molecule has 1 unspecified atom stereocenters. The van der Waals surface area contributed by atoms with E-state index in [-0.39, 0.29) is 18.4 Å². The summed E-state index contributed by atoms with van der Waals surface area (Å²) in [7, 11) is 0. The van der Waals surface area contributed by atoms with Crippen molar-refractivity contribution in [2.24, 2.45) is 0 Å². The molecule has 21 heavy (non-hydrogen) atoms. The van der Waals surface area contributed by atoms with Crippen LogP contribution in [0, 0.1) is 6.92 Å². The molecule has 0 saturated carbocycles. The molecule has 1 aliphatic rings. The number of pyridine rings is 1. The monoisotopic (exact) mass is 290 g/mol. The molecule has 1 aromatic rings. The molecule has 1 aromatic heterocycles. The van der Waals surface area contributed by atoms with Crippen LogP contribution < -0.4 is 15.5 Å². The van der Waals surface area contributed by atoms with E-state index in [9.17, 15) is 9.59 Å². The Balaban J connectivity index is 2.20. The lowest BCUT2D eigenvalue weighted by atomic mass is 10.1. The third kappa shape index (κ3) is 3.58. The molecule has 2 amide bonds. The molecule has 1 atom stereocenters. The number of aromatic nitrogens is 1. The lowest BCUT2D eigenvalue weighted by Gasteiger charge is -2.33. The van der Waals surface area contributed by atoms with Gasteiger partial charge >= 0.3 is 0 Å². The molecule has 0 aliphatic carbocycles. The first kappa shape index (κ1) is 15.4. The van der Waals surface area contributed by atoms with Gasteiger partial charge in [0.2, 0.25) is 11.8 Å². The van der Waals surface area contributed by atoms with E-state index < -0.39 is 6.04 Å². The number of piperazine rings is 1. The van der Waals surface area contributed by atoms with Gasteiger partial charge < -0.3 is 10.2 Å². The van der Waals surface area contributed by atoms with E-state index in [1.54, 1.807) is 18.0 Å².